The molecule has 3 rings (SSSR count). The molecule has 0 saturated carbocycles. The van der Waals surface area contributed by atoms with Crippen molar-refractivity contribution in [2.75, 3.05) is 0 Å². The lowest BCUT2D eigenvalue weighted by molar-refractivity contribution is -0.138. The van der Waals surface area contributed by atoms with Crippen LogP contribution in [0.2, 0.25) is 5.02 Å². The fourth-order valence-electron chi connectivity index (χ4n) is 2.52. The first-order valence-corrected chi connectivity index (χ1v) is 7.96. The van der Waals surface area contributed by atoms with Gasteiger partial charge in [-0.25, -0.2) is 0 Å². The van der Waals surface area contributed by atoms with Crippen molar-refractivity contribution in [3.63, 3.8) is 0 Å². The summed E-state index contributed by atoms with van der Waals surface area (Å²) in [4.78, 5) is 12.4. The molecule has 0 bridgehead atoms. The number of aromatic nitrogens is 2. The molecule has 1 amide bonds. The Morgan fingerprint density at radius 3 is 2.50 bits per heavy atom. The van der Waals surface area contributed by atoms with Crippen molar-refractivity contribution in [2.45, 2.75) is 12.7 Å². The molecule has 0 radical (unpaired) electrons. The van der Waals surface area contributed by atoms with Gasteiger partial charge >= 0.3 is 6.18 Å². The molecule has 4 nitrogen and oxygen atoms in total. The lowest BCUT2D eigenvalue weighted by Crippen LogP contribution is -2.24. The summed E-state index contributed by atoms with van der Waals surface area (Å²) in [6.45, 7) is -0.250. The summed E-state index contributed by atoms with van der Waals surface area (Å²) in [7, 11) is 0. The number of benzene rings is 2. The number of aromatic amines is 1. The van der Waals surface area contributed by atoms with E-state index < -0.39 is 17.6 Å². The highest BCUT2D eigenvalue weighted by Crippen LogP contribution is 2.31. The van der Waals surface area contributed by atoms with Crippen molar-refractivity contribution in [2.24, 2.45) is 0 Å². The van der Waals surface area contributed by atoms with E-state index in [-0.39, 0.29) is 17.7 Å². The molecule has 134 valence electrons. The lowest BCUT2D eigenvalue weighted by atomic mass is 10.1. The van der Waals surface area contributed by atoms with Gasteiger partial charge in [0.05, 0.1) is 23.0 Å². The van der Waals surface area contributed by atoms with E-state index in [1.165, 1.54) is 24.4 Å². The number of nitrogens with zero attached hydrogens (tertiary/aromatic N) is 1. The first-order chi connectivity index (χ1) is 12.4. The van der Waals surface area contributed by atoms with E-state index in [9.17, 15) is 18.0 Å². The van der Waals surface area contributed by atoms with Crippen molar-refractivity contribution in [3.8, 4) is 11.3 Å². The van der Waals surface area contributed by atoms with Crippen LogP contribution in [0.1, 0.15) is 21.5 Å². The molecule has 0 spiro atoms. The Hall–Kier alpha value is -2.80. The Morgan fingerprint density at radius 2 is 1.81 bits per heavy atom. The maximum Gasteiger partial charge on any atom is 0.416 e. The van der Waals surface area contributed by atoms with E-state index in [1.54, 1.807) is 24.3 Å². The molecular weight excluding hydrogens is 367 g/mol. The molecule has 8 heteroatoms. The number of carbonyl (C=O) groups excluding carboxylic acids is 1. The van der Waals surface area contributed by atoms with Crippen LogP contribution in [0.4, 0.5) is 13.2 Å². The van der Waals surface area contributed by atoms with Gasteiger partial charge in [0.2, 0.25) is 0 Å². The molecule has 0 saturated heterocycles. The molecule has 0 fully saturated rings. The second kappa shape index (κ2) is 7.21. The number of H-pyrrole nitrogens is 1. The molecule has 0 aliphatic rings. The third-order valence-corrected chi connectivity index (χ3v) is 4.03. The van der Waals surface area contributed by atoms with Crippen molar-refractivity contribution in [1.82, 2.24) is 15.5 Å². The number of halogens is 4. The van der Waals surface area contributed by atoms with Gasteiger partial charge in [-0.05, 0) is 23.8 Å². The summed E-state index contributed by atoms with van der Waals surface area (Å²) in [5.41, 5.74) is 0.600. The maximum absolute atomic E-state index is 13.0. The summed E-state index contributed by atoms with van der Waals surface area (Å²) in [5.74, 6) is -0.527. The van der Waals surface area contributed by atoms with Crippen LogP contribution in [-0.4, -0.2) is 16.1 Å². The van der Waals surface area contributed by atoms with E-state index in [0.29, 0.717) is 16.3 Å². The monoisotopic (exact) mass is 379 g/mol. The third kappa shape index (κ3) is 3.88. The lowest BCUT2D eigenvalue weighted by Gasteiger charge is -2.13. The average Bonchev–Trinajstić information content (AvgIpc) is 3.09. The van der Waals surface area contributed by atoms with Gasteiger partial charge < -0.3 is 5.32 Å². The van der Waals surface area contributed by atoms with Crippen LogP contribution in [-0.2, 0) is 12.7 Å². The van der Waals surface area contributed by atoms with Crippen LogP contribution in [0.25, 0.3) is 11.3 Å². The van der Waals surface area contributed by atoms with E-state index in [2.05, 4.69) is 15.5 Å². The third-order valence-electron chi connectivity index (χ3n) is 3.78. The van der Waals surface area contributed by atoms with Crippen LogP contribution >= 0.6 is 11.6 Å². The predicted molar refractivity (Wildman–Crippen MR) is 91.6 cm³/mol. The number of alkyl halides is 3. The summed E-state index contributed by atoms with van der Waals surface area (Å²) < 4.78 is 39.1. The fourth-order valence-corrected chi connectivity index (χ4v) is 2.64. The SMILES string of the molecule is O=C(NCc1ccccc1C(F)(F)F)c1cn[nH]c1-c1ccc(Cl)cc1. The first-order valence-electron chi connectivity index (χ1n) is 7.59. The standard InChI is InChI=1S/C18H13ClF3N3O/c19-13-7-5-11(6-8-13)16-14(10-24-25-16)17(26)23-9-12-3-1-2-4-15(12)18(20,21)22/h1-8,10H,9H2,(H,23,26)(H,24,25). The maximum atomic E-state index is 13.0. The van der Waals surface area contributed by atoms with Gasteiger partial charge in [0.1, 0.15) is 0 Å². The molecule has 0 aliphatic carbocycles. The molecule has 0 atom stereocenters. The van der Waals surface area contributed by atoms with Crippen LogP contribution in [0.5, 0.6) is 0 Å². The Labute approximate surface area is 152 Å². The smallest absolute Gasteiger partial charge is 0.348 e. The van der Waals surface area contributed by atoms with Crippen LogP contribution in [0.15, 0.2) is 54.7 Å². The van der Waals surface area contributed by atoms with E-state index in [1.807, 2.05) is 0 Å². The quantitative estimate of drug-likeness (QED) is 0.691. The normalized spacial score (nSPS) is 11.4. The molecule has 26 heavy (non-hydrogen) atoms. The van der Waals surface area contributed by atoms with Crippen LogP contribution in [0.3, 0.4) is 0 Å². The predicted octanol–water partition coefficient (Wildman–Crippen LogP) is 4.68. The number of nitrogens with one attached hydrogen (secondary N) is 2. The summed E-state index contributed by atoms with van der Waals surface area (Å²) in [6.07, 6.45) is -3.15. The largest absolute Gasteiger partial charge is 0.416 e. The zero-order chi connectivity index (χ0) is 18.7. The summed E-state index contributed by atoms with van der Waals surface area (Å²) in [5, 5.41) is 9.63. The number of carbonyl (C=O) groups is 1. The van der Waals surface area contributed by atoms with Gasteiger partial charge in [0, 0.05) is 17.1 Å². The Kier molecular flexibility index (Phi) is 4.99. The van der Waals surface area contributed by atoms with E-state index in [0.717, 1.165) is 6.07 Å². The number of rotatable bonds is 4. The Morgan fingerprint density at radius 1 is 1.12 bits per heavy atom. The van der Waals surface area contributed by atoms with Crippen LogP contribution < -0.4 is 5.32 Å². The number of hydrogen-bond donors (Lipinski definition) is 2. The minimum absolute atomic E-state index is 0.00936. The van der Waals surface area contributed by atoms with Crippen molar-refractivity contribution < 1.29 is 18.0 Å². The van der Waals surface area contributed by atoms with Gasteiger partial charge in [0.25, 0.3) is 5.91 Å². The highest BCUT2D eigenvalue weighted by Gasteiger charge is 2.32. The minimum Gasteiger partial charge on any atom is -0.348 e. The van der Waals surface area contributed by atoms with E-state index >= 15 is 0 Å². The van der Waals surface area contributed by atoms with Crippen LogP contribution in [0, 0.1) is 0 Å². The molecule has 3 aromatic rings. The Bertz CT molecular complexity index is 920. The van der Waals surface area contributed by atoms with E-state index in [4.69, 9.17) is 11.6 Å². The van der Waals surface area contributed by atoms with Gasteiger partial charge in [0.15, 0.2) is 0 Å². The molecule has 0 unspecified atom stereocenters. The molecule has 0 aliphatic heterocycles. The van der Waals surface area contributed by atoms with Gasteiger partial charge in [-0.2, -0.15) is 18.3 Å². The van der Waals surface area contributed by atoms with Gasteiger partial charge in [-0.15, -0.1) is 0 Å². The summed E-state index contributed by atoms with van der Waals surface area (Å²) in [6, 6.07) is 11.9. The number of hydrogen-bond acceptors (Lipinski definition) is 2. The topological polar surface area (TPSA) is 57.8 Å². The van der Waals surface area contributed by atoms with Crippen molar-refractivity contribution in [3.05, 3.63) is 76.4 Å². The second-order valence-electron chi connectivity index (χ2n) is 5.50. The zero-order valence-corrected chi connectivity index (χ0v) is 14.0. The Balaban J connectivity index is 1.79. The molecular formula is C18H13ClF3N3O. The summed E-state index contributed by atoms with van der Waals surface area (Å²) >= 11 is 5.85. The molecule has 1 heterocycles. The second-order valence-corrected chi connectivity index (χ2v) is 5.94. The van der Waals surface area contributed by atoms with Crippen molar-refractivity contribution >= 4 is 17.5 Å². The highest BCUT2D eigenvalue weighted by molar-refractivity contribution is 6.30. The average molecular weight is 380 g/mol. The zero-order valence-electron chi connectivity index (χ0n) is 13.3. The van der Waals surface area contributed by atoms with Gasteiger partial charge in [-0.3, -0.25) is 9.89 Å². The number of amides is 1. The first kappa shape index (κ1) is 18.0. The molecule has 1 aromatic heterocycles. The molecule has 2 aromatic carbocycles. The van der Waals surface area contributed by atoms with Crippen molar-refractivity contribution in [1.29, 1.82) is 0 Å². The molecule has 2 N–H and O–H groups in total. The van der Waals surface area contributed by atoms with Gasteiger partial charge in [-0.1, -0.05) is 41.9 Å². The highest BCUT2D eigenvalue weighted by atomic mass is 35.5. The fraction of sp³-hybridized carbons (Fsp3) is 0.111. The minimum atomic E-state index is -4.48.